The summed E-state index contributed by atoms with van der Waals surface area (Å²) >= 11 is 0. The van der Waals surface area contributed by atoms with Gasteiger partial charge in [-0.25, -0.2) is 0 Å². The summed E-state index contributed by atoms with van der Waals surface area (Å²) in [6.45, 7) is 4.61. The van der Waals surface area contributed by atoms with E-state index in [1.54, 1.807) is 0 Å². The summed E-state index contributed by atoms with van der Waals surface area (Å²) in [5.41, 5.74) is 7.85. The van der Waals surface area contributed by atoms with Crippen molar-refractivity contribution in [1.82, 2.24) is 4.90 Å². The van der Waals surface area contributed by atoms with Crippen LogP contribution in [0.1, 0.15) is 37.8 Å². The SMILES string of the molecule is CCC[C@@H]([C@H](OC(C)=O)C(N)=O)N(Cc1ccccc1)Cc1ccccc1. The van der Waals surface area contributed by atoms with Crippen LogP contribution in [0, 0.1) is 0 Å². The lowest BCUT2D eigenvalue weighted by atomic mass is 10.0. The maximum atomic E-state index is 12.1. The monoisotopic (exact) mass is 368 g/mol. The average Bonchev–Trinajstić information content (AvgIpc) is 2.65. The number of nitrogens with zero attached hydrogens (tertiary/aromatic N) is 1. The Labute approximate surface area is 161 Å². The van der Waals surface area contributed by atoms with E-state index in [0.717, 1.165) is 17.5 Å². The topological polar surface area (TPSA) is 72.6 Å². The minimum Gasteiger partial charge on any atom is -0.451 e. The molecule has 0 spiro atoms. The van der Waals surface area contributed by atoms with Crippen molar-refractivity contribution in [1.29, 1.82) is 0 Å². The lowest BCUT2D eigenvalue weighted by molar-refractivity contribution is -0.157. The molecule has 2 N–H and O–H groups in total. The zero-order valence-electron chi connectivity index (χ0n) is 16.0. The fourth-order valence-electron chi connectivity index (χ4n) is 3.25. The number of primary amides is 1. The fraction of sp³-hybridized carbons (Fsp3) is 0.364. The highest BCUT2D eigenvalue weighted by molar-refractivity contribution is 5.82. The van der Waals surface area contributed by atoms with Crippen LogP contribution in [-0.2, 0) is 27.4 Å². The molecule has 2 atom stereocenters. The van der Waals surface area contributed by atoms with Crippen LogP contribution in [0.3, 0.4) is 0 Å². The van der Waals surface area contributed by atoms with Gasteiger partial charge in [-0.1, -0.05) is 74.0 Å². The van der Waals surface area contributed by atoms with Crippen molar-refractivity contribution in [3.05, 3.63) is 71.8 Å². The first kappa shape index (κ1) is 20.6. The number of rotatable bonds is 10. The molecule has 0 aliphatic carbocycles. The van der Waals surface area contributed by atoms with E-state index in [-0.39, 0.29) is 6.04 Å². The number of hydrogen-bond donors (Lipinski definition) is 1. The normalized spacial score (nSPS) is 13.1. The van der Waals surface area contributed by atoms with Crippen molar-refractivity contribution in [3.8, 4) is 0 Å². The predicted octanol–water partition coefficient (Wildman–Crippen LogP) is 3.27. The smallest absolute Gasteiger partial charge is 0.303 e. The Bertz CT molecular complexity index is 677. The fourth-order valence-corrected chi connectivity index (χ4v) is 3.25. The third-order valence-electron chi connectivity index (χ3n) is 4.43. The first-order valence-electron chi connectivity index (χ1n) is 9.29. The maximum absolute atomic E-state index is 12.1. The van der Waals surface area contributed by atoms with Gasteiger partial charge in [0.25, 0.3) is 5.91 Å². The number of amides is 1. The largest absolute Gasteiger partial charge is 0.451 e. The highest BCUT2D eigenvalue weighted by Crippen LogP contribution is 2.21. The lowest BCUT2D eigenvalue weighted by Gasteiger charge is -2.35. The second-order valence-electron chi connectivity index (χ2n) is 6.66. The number of ether oxygens (including phenoxy) is 1. The predicted molar refractivity (Wildman–Crippen MR) is 106 cm³/mol. The highest BCUT2D eigenvalue weighted by Gasteiger charge is 2.33. The van der Waals surface area contributed by atoms with Gasteiger partial charge in [0.2, 0.25) is 0 Å². The van der Waals surface area contributed by atoms with E-state index in [2.05, 4.69) is 4.90 Å². The lowest BCUT2D eigenvalue weighted by Crippen LogP contribution is -2.50. The summed E-state index contributed by atoms with van der Waals surface area (Å²) < 4.78 is 5.33. The first-order valence-corrected chi connectivity index (χ1v) is 9.29. The van der Waals surface area contributed by atoms with Crippen LogP contribution in [0.4, 0.5) is 0 Å². The number of hydrogen-bond acceptors (Lipinski definition) is 4. The van der Waals surface area contributed by atoms with Crippen LogP contribution in [0.2, 0.25) is 0 Å². The molecule has 2 rings (SSSR count). The molecule has 5 heteroatoms. The van der Waals surface area contributed by atoms with Gasteiger partial charge in [-0.05, 0) is 17.5 Å². The Morgan fingerprint density at radius 2 is 1.44 bits per heavy atom. The Hall–Kier alpha value is -2.66. The zero-order chi connectivity index (χ0) is 19.6. The van der Waals surface area contributed by atoms with Crippen LogP contribution in [0.25, 0.3) is 0 Å². The van der Waals surface area contributed by atoms with Gasteiger partial charge in [-0.2, -0.15) is 0 Å². The van der Waals surface area contributed by atoms with E-state index < -0.39 is 18.0 Å². The van der Waals surface area contributed by atoms with E-state index in [9.17, 15) is 9.59 Å². The molecular weight excluding hydrogens is 340 g/mol. The summed E-state index contributed by atoms with van der Waals surface area (Å²) in [4.78, 5) is 25.8. The molecule has 0 saturated heterocycles. The van der Waals surface area contributed by atoms with Gasteiger partial charge in [0.15, 0.2) is 6.10 Å². The van der Waals surface area contributed by atoms with E-state index in [1.165, 1.54) is 6.92 Å². The van der Waals surface area contributed by atoms with Gasteiger partial charge in [0.05, 0.1) is 6.04 Å². The molecule has 27 heavy (non-hydrogen) atoms. The van der Waals surface area contributed by atoms with Gasteiger partial charge in [0.1, 0.15) is 0 Å². The third-order valence-corrected chi connectivity index (χ3v) is 4.43. The highest BCUT2D eigenvalue weighted by atomic mass is 16.5. The van der Waals surface area contributed by atoms with E-state index in [1.807, 2.05) is 67.6 Å². The molecule has 0 radical (unpaired) electrons. The molecular formula is C22H28N2O3. The molecule has 0 aliphatic rings. The van der Waals surface area contributed by atoms with Gasteiger partial charge < -0.3 is 10.5 Å². The molecule has 0 aromatic heterocycles. The van der Waals surface area contributed by atoms with E-state index >= 15 is 0 Å². The Morgan fingerprint density at radius 1 is 0.963 bits per heavy atom. The summed E-state index contributed by atoms with van der Waals surface area (Å²) in [7, 11) is 0. The molecule has 5 nitrogen and oxygen atoms in total. The number of carbonyl (C=O) groups is 2. The number of carbonyl (C=O) groups excluding carboxylic acids is 2. The second-order valence-corrected chi connectivity index (χ2v) is 6.66. The van der Waals surface area contributed by atoms with Crippen LogP contribution >= 0.6 is 0 Å². The number of nitrogens with two attached hydrogens (primary N) is 1. The first-order chi connectivity index (χ1) is 13.0. The van der Waals surface area contributed by atoms with Crippen molar-refractivity contribution in [2.75, 3.05) is 0 Å². The van der Waals surface area contributed by atoms with Crippen molar-refractivity contribution in [2.45, 2.75) is 51.9 Å². The molecule has 144 valence electrons. The van der Waals surface area contributed by atoms with Crippen molar-refractivity contribution >= 4 is 11.9 Å². The molecule has 0 bridgehead atoms. The summed E-state index contributed by atoms with van der Waals surface area (Å²) in [5, 5.41) is 0. The van der Waals surface area contributed by atoms with E-state index in [0.29, 0.717) is 19.5 Å². The van der Waals surface area contributed by atoms with Crippen LogP contribution in [0.15, 0.2) is 60.7 Å². The molecule has 0 saturated carbocycles. The molecule has 1 amide bonds. The van der Waals surface area contributed by atoms with Gasteiger partial charge >= 0.3 is 5.97 Å². The standard InChI is InChI=1S/C22H28N2O3/c1-3-10-20(21(22(23)26)27-17(2)25)24(15-18-11-6-4-7-12-18)16-19-13-8-5-9-14-19/h4-9,11-14,20-21H,3,10,15-16H2,1-2H3,(H2,23,26)/t20-,21-/m0/s1. The number of esters is 1. The van der Waals surface area contributed by atoms with Crippen molar-refractivity contribution in [3.63, 3.8) is 0 Å². The molecule has 0 unspecified atom stereocenters. The Balaban J connectivity index is 2.35. The van der Waals surface area contributed by atoms with Gasteiger partial charge in [-0.15, -0.1) is 0 Å². The Morgan fingerprint density at radius 3 is 1.81 bits per heavy atom. The Kier molecular flexibility index (Phi) is 8.01. The van der Waals surface area contributed by atoms with Gasteiger partial charge in [0, 0.05) is 20.0 Å². The summed E-state index contributed by atoms with van der Waals surface area (Å²) in [6.07, 6.45) is 0.561. The van der Waals surface area contributed by atoms with Crippen LogP contribution in [-0.4, -0.2) is 28.9 Å². The maximum Gasteiger partial charge on any atom is 0.303 e. The second kappa shape index (κ2) is 10.5. The average molecular weight is 368 g/mol. The molecule has 0 heterocycles. The molecule has 2 aromatic rings. The van der Waals surface area contributed by atoms with Crippen molar-refractivity contribution in [2.24, 2.45) is 5.73 Å². The molecule has 0 fully saturated rings. The van der Waals surface area contributed by atoms with Crippen LogP contribution < -0.4 is 5.73 Å². The molecule has 0 aliphatic heterocycles. The molecule has 2 aromatic carbocycles. The minimum absolute atomic E-state index is 0.295. The van der Waals surface area contributed by atoms with E-state index in [4.69, 9.17) is 10.5 Å². The summed E-state index contributed by atoms with van der Waals surface area (Å²) in [6, 6.07) is 19.8. The number of benzene rings is 2. The van der Waals surface area contributed by atoms with Gasteiger partial charge in [-0.3, -0.25) is 14.5 Å². The van der Waals surface area contributed by atoms with Crippen LogP contribution in [0.5, 0.6) is 0 Å². The summed E-state index contributed by atoms with van der Waals surface area (Å²) in [5.74, 6) is -1.12. The third kappa shape index (κ3) is 6.53. The minimum atomic E-state index is -0.977. The quantitative estimate of drug-likeness (QED) is 0.653. The zero-order valence-corrected chi connectivity index (χ0v) is 16.0. The van der Waals surface area contributed by atoms with Crippen molar-refractivity contribution < 1.29 is 14.3 Å².